The van der Waals surface area contributed by atoms with E-state index < -0.39 is 12.1 Å². The quantitative estimate of drug-likeness (QED) is 0.852. The number of aliphatic carboxylic acids is 1. The van der Waals surface area contributed by atoms with Crippen molar-refractivity contribution < 1.29 is 14.6 Å². The largest absolute Gasteiger partial charge is 0.479 e. The van der Waals surface area contributed by atoms with Crippen LogP contribution in [0.5, 0.6) is 0 Å². The Labute approximate surface area is 100 Å². The Kier molecular flexibility index (Phi) is 3.78. The predicted molar refractivity (Wildman–Crippen MR) is 61.6 cm³/mol. The van der Waals surface area contributed by atoms with E-state index >= 15 is 0 Å². The molecule has 0 amide bonds. The minimum absolute atomic E-state index is 0.257. The van der Waals surface area contributed by atoms with Crippen molar-refractivity contribution >= 4 is 5.97 Å². The van der Waals surface area contributed by atoms with E-state index in [2.05, 4.69) is 5.10 Å². The predicted octanol–water partition coefficient (Wildman–Crippen LogP) is 1.99. The normalized spacial score (nSPS) is 18.4. The molecule has 0 saturated heterocycles. The van der Waals surface area contributed by atoms with E-state index in [1.54, 1.807) is 0 Å². The van der Waals surface area contributed by atoms with E-state index in [9.17, 15) is 4.79 Å². The van der Waals surface area contributed by atoms with Crippen molar-refractivity contribution in [2.75, 3.05) is 0 Å². The molecule has 5 heteroatoms. The molecule has 1 atom stereocenters. The molecule has 1 aromatic rings. The van der Waals surface area contributed by atoms with Crippen molar-refractivity contribution in [3.8, 4) is 0 Å². The summed E-state index contributed by atoms with van der Waals surface area (Å²) in [7, 11) is 0. The standard InChI is InChI=1S/C12H18N2O3/c1-9(12(15)16)17-8-10-6-7-14(13-10)11-4-2-3-5-11/h6-7,9,11H,2-5,8H2,1H3,(H,15,16)/t9-/m0/s1. The van der Waals surface area contributed by atoms with Crippen molar-refractivity contribution in [1.82, 2.24) is 9.78 Å². The van der Waals surface area contributed by atoms with Crippen LogP contribution >= 0.6 is 0 Å². The minimum atomic E-state index is -0.944. The smallest absolute Gasteiger partial charge is 0.332 e. The zero-order chi connectivity index (χ0) is 12.3. The van der Waals surface area contributed by atoms with Gasteiger partial charge in [0.15, 0.2) is 6.10 Å². The van der Waals surface area contributed by atoms with Gasteiger partial charge >= 0.3 is 5.97 Å². The van der Waals surface area contributed by atoms with E-state index in [4.69, 9.17) is 9.84 Å². The SMILES string of the molecule is C[C@H](OCc1ccn(C2CCCC2)n1)C(=O)O. The Morgan fingerprint density at radius 2 is 2.35 bits per heavy atom. The van der Waals surface area contributed by atoms with Gasteiger partial charge in [-0.2, -0.15) is 5.10 Å². The van der Waals surface area contributed by atoms with Crippen LogP contribution in [0, 0.1) is 0 Å². The first kappa shape index (κ1) is 12.1. The highest BCUT2D eigenvalue weighted by atomic mass is 16.5. The van der Waals surface area contributed by atoms with Crippen LogP contribution in [0.4, 0.5) is 0 Å². The van der Waals surface area contributed by atoms with Gasteiger partial charge < -0.3 is 9.84 Å². The molecule has 1 aliphatic rings. The molecule has 1 fully saturated rings. The van der Waals surface area contributed by atoms with Crippen LogP contribution in [0.15, 0.2) is 12.3 Å². The lowest BCUT2D eigenvalue weighted by Gasteiger charge is -2.09. The van der Waals surface area contributed by atoms with Crippen LogP contribution < -0.4 is 0 Å². The highest BCUT2D eigenvalue weighted by molar-refractivity contribution is 5.71. The van der Waals surface area contributed by atoms with Gasteiger partial charge in [0.05, 0.1) is 18.3 Å². The van der Waals surface area contributed by atoms with Crippen LogP contribution in [0.25, 0.3) is 0 Å². The van der Waals surface area contributed by atoms with Gasteiger partial charge in [-0.15, -0.1) is 0 Å². The monoisotopic (exact) mass is 238 g/mol. The molecule has 1 saturated carbocycles. The lowest BCUT2D eigenvalue weighted by Crippen LogP contribution is -2.19. The lowest BCUT2D eigenvalue weighted by molar-refractivity contribution is -0.149. The molecule has 2 rings (SSSR count). The summed E-state index contributed by atoms with van der Waals surface area (Å²) < 4.78 is 7.17. The summed E-state index contributed by atoms with van der Waals surface area (Å²) in [6.45, 7) is 1.78. The topological polar surface area (TPSA) is 64.4 Å². The molecule has 0 aliphatic heterocycles. The summed E-state index contributed by atoms with van der Waals surface area (Å²) in [6.07, 6.45) is 6.09. The minimum Gasteiger partial charge on any atom is -0.479 e. The molecule has 0 aromatic carbocycles. The van der Waals surface area contributed by atoms with Gasteiger partial charge in [0, 0.05) is 6.20 Å². The van der Waals surface area contributed by atoms with Crippen molar-refractivity contribution in [2.24, 2.45) is 0 Å². The number of hydrogen-bond donors (Lipinski definition) is 1. The number of carbonyl (C=O) groups is 1. The van der Waals surface area contributed by atoms with Crippen molar-refractivity contribution in [1.29, 1.82) is 0 Å². The molecule has 0 radical (unpaired) electrons. The fourth-order valence-corrected chi connectivity index (χ4v) is 2.11. The summed E-state index contributed by atoms with van der Waals surface area (Å²) in [5, 5.41) is 13.1. The number of nitrogens with zero attached hydrogens (tertiary/aromatic N) is 2. The maximum absolute atomic E-state index is 10.6. The van der Waals surface area contributed by atoms with Crippen LogP contribution in [0.3, 0.4) is 0 Å². The van der Waals surface area contributed by atoms with Crippen LogP contribution in [0.2, 0.25) is 0 Å². The van der Waals surface area contributed by atoms with Crippen LogP contribution in [-0.2, 0) is 16.1 Å². The third-order valence-electron chi connectivity index (χ3n) is 3.19. The molecule has 0 bridgehead atoms. The first-order valence-corrected chi connectivity index (χ1v) is 6.05. The molecule has 1 N–H and O–H groups in total. The maximum atomic E-state index is 10.6. The van der Waals surface area contributed by atoms with E-state index in [0.717, 1.165) is 5.69 Å². The molecule has 1 heterocycles. The van der Waals surface area contributed by atoms with Gasteiger partial charge in [-0.25, -0.2) is 4.79 Å². The summed E-state index contributed by atoms with van der Waals surface area (Å²) in [6, 6.07) is 2.41. The van der Waals surface area contributed by atoms with Crippen molar-refractivity contribution in [3.63, 3.8) is 0 Å². The van der Waals surface area contributed by atoms with E-state index in [1.807, 2.05) is 16.9 Å². The van der Waals surface area contributed by atoms with Crippen molar-refractivity contribution in [3.05, 3.63) is 18.0 Å². The summed E-state index contributed by atoms with van der Waals surface area (Å²) >= 11 is 0. The number of ether oxygens (including phenoxy) is 1. The number of carboxylic acids is 1. The van der Waals surface area contributed by atoms with Gasteiger partial charge in [-0.3, -0.25) is 4.68 Å². The second-order valence-corrected chi connectivity index (χ2v) is 4.52. The van der Waals surface area contributed by atoms with Gasteiger partial charge in [-0.1, -0.05) is 12.8 Å². The van der Waals surface area contributed by atoms with Gasteiger partial charge in [0.2, 0.25) is 0 Å². The van der Waals surface area contributed by atoms with E-state index in [0.29, 0.717) is 6.04 Å². The Morgan fingerprint density at radius 1 is 1.65 bits per heavy atom. The molecule has 0 unspecified atom stereocenters. The zero-order valence-electron chi connectivity index (χ0n) is 10.0. The van der Waals surface area contributed by atoms with E-state index in [-0.39, 0.29) is 6.61 Å². The molecule has 5 nitrogen and oxygen atoms in total. The maximum Gasteiger partial charge on any atom is 0.332 e. The molecule has 0 spiro atoms. The first-order chi connectivity index (χ1) is 8.16. The number of aromatic nitrogens is 2. The Balaban J connectivity index is 1.87. The Bertz CT molecular complexity index is 383. The summed E-state index contributed by atoms with van der Waals surface area (Å²) in [4.78, 5) is 10.6. The molecule has 94 valence electrons. The highest BCUT2D eigenvalue weighted by Crippen LogP contribution is 2.28. The summed E-state index contributed by atoms with van der Waals surface area (Å²) in [5.74, 6) is -0.944. The van der Waals surface area contributed by atoms with E-state index in [1.165, 1.54) is 32.6 Å². The van der Waals surface area contributed by atoms with Crippen LogP contribution in [-0.4, -0.2) is 27.0 Å². The summed E-state index contributed by atoms with van der Waals surface area (Å²) in [5.41, 5.74) is 0.796. The average Bonchev–Trinajstić information content (AvgIpc) is 2.95. The molecule has 17 heavy (non-hydrogen) atoms. The molecule has 1 aromatic heterocycles. The number of hydrogen-bond acceptors (Lipinski definition) is 3. The molecular formula is C12H18N2O3. The van der Waals surface area contributed by atoms with Gasteiger partial charge in [-0.05, 0) is 25.8 Å². The molecular weight excluding hydrogens is 220 g/mol. The lowest BCUT2D eigenvalue weighted by atomic mass is 10.3. The second-order valence-electron chi connectivity index (χ2n) is 4.52. The fraction of sp³-hybridized carbons (Fsp3) is 0.667. The fourth-order valence-electron chi connectivity index (χ4n) is 2.11. The zero-order valence-corrected chi connectivity index (χ0v) is 10.0. The number of carboxylic acid groups (broad SMARTS) is 1. The number of rotatable bonds is 5. The van der Waals surface area contributed by atoms with Gasteiger partial charge in [0.25, 0.3) is 0 Å². The Hall–Kier alpha value is -1.36. The highest BCUT2D eigenvalue weighted by Gasteiger charge is 2.18. The third-order valence-corrected chi connectivity index (χ3v) is 3.19. The molecule has 1 aliphatic carbocycles. The van der Waals surface area contributed by atoms with Crippen molar-refractivity contribution in [2.45, 2.75) is 51.4 Å². The third kappa shape index (κ3) is 3.06. The van der Waals surface area contributed by atoms with Gasteiger partial charge in [0.1, 0.15) is 0 Å². The second kappa shape index (κ2) is 5.31. The average molecular weight is 238 g/mol. The first-order valence-electron chi connectivity index (χ1n) is 6.05. The Morgan fingerprint density at radius 3 is 3.00 bits per heavy atom. The van der Waals surface area contributed by atoms with Crippen LogP contribution in [0.1, 0.15) is 44.3 Å².